The summed E-state index contributed by atoms with van der Waals surface area (Å²) in [5.41, 5.74) is 2.35. The first-order valence-corrected chi connectivity index (χ1v) is 9.69. The van der Waals surface area contributed by atoms with E-state index in [1.807, 2.05) is 36.4 Å². The van der Waals surface area contributed by atoms with Crippen molar-refractivity contribution in [2.45, 2.75) is 50.9 Å². The highest BCUT2D eigenvalue weighted by Crippen LogP contribution is 2.36. The van der Waals surface area contributed by atoms with Gasteiger partial charge in [0.15, 0.2) is 0 Å². The highest BCUT2D eigenvalue weighted by molar-refractivity contribution is 7.11. The summed E-state index contributed by atoms with van der Waals surface area (Å²) in [7, 11) is 1.89. The summed E-state index contributed by atoms with van der Waals surface area (Å²) in [5.74, 6) is 0.653. The van der Waals surface area contributed by atoms with Crippen molar-refractivity contribution in [1.29, 1.82) is 0 Å². The summed E-state index contributed by atoms with van der Waals surface area (Å²) in [4.78, 5) is 21.1. The Morgan fingerprint density at radius 1 is 1.33 bits per heavy atom. The molecule has 0 bridgehead atoms. The molecule has 1 amide bonds. The number of amides is 1. The lowest BCUT2D eigenvalue weighted by molar-refractivity contribution is -0.133. The Kier molecular flexibility index (Phi) is 4.16. The molecule has 128 valence electrons. The standard InChI is InChI=1S/C18H24N4OS/c1-12(14-10-19-21(2)11-14)18(23)22-8-6-13(7-9-22)17-20-15-4-3-5-16(15)24-17/h10-13H,3-9H2,1-2H3/t12-/m1/s1. The minimum absolute atomic E-state index is 0.112. The van der Waals surface area contributed by atoms with Crippen LogP contribution in [0.15, 0.2) is 12.4 Å². The average Bonchev–Trinajstić information content (AvgIpc) is 3.29. The monoisotopic (exact) mass is 344 g/mol. The van der Waals surface area contributed by atoms with E-state index < -0.39 is 0 Å². The quantitative estimate of drug-likeness (QED) is 0.860. The van der Waals surface area contributed by atoms with Gasteiger partial charge in [0.2, 0.25) is 5.91 Å². The van der Waals surface area contributed by atoms with E-state index in [0.717, 1.165) is 37.9 Å². The second kappa shape index (κ2) is 6.31. The fraction of sp³-hybridized carbons (Fsp3) is 0.611. The fourth-order valence-corrected chi connectivity index (χ4v) is 5.13. The van der Waals surface area contributed by atoms with Gasteiger partial charge in [-0.05, 0) is 39.0 Å². The van der Waals surface area contributed by atoms with E-state index in [9.17, 15) is 4.79 Å². The van der Waals surface area contributed by atoms with Gasteiger partial charge >= 0.3 is 0 Å². The fourth-order valence-electron chi connectivity index (χ4n) is 3.81. The molecule has 0 unspecified atom stereocenters. The maximum absolute atomic E-state index is 12.7. The summed E-state index contributed by atoms with van der Waals surface area (Å²) < 4.78 is 1.76. The SMILES string of the molecule is C[C@@H](C(=O)N1CCC(c2nc3c(s2)CCC3)CC1)c1cnn(C)c1. The van der Waals surface area contributed by atoms with Gasteiger partial charge < -0.3 is 4.90 Å². The molecule has 0 saturated carbocycles. The van der Waals surface area contributed by atoms with Gasteiger partial charge in [-0.1, -0.05) is 0 Å². The second-order valence-electron chi connectivity index (χ2n) is 7.04. The number of thiazole rings is 1. The Morgan fingerprint density at radius 2 is 2.12 bits per heavy atom. The molecule has 0 aromatic carbocycles. The Balaban J connectivity index is 1.37. The first-order valence-electron chi connectivity index (χ1n) is 8.87. The van der Waals surface area contributed by atoms with E-state index in [1.54, 1.807) is 10.9 Å². The predicted molar refractivity (Wildman–Crippen MR) is 94.3 cm³/mol. The molecule has 3 heterocycles. The highest BCUT2D eigenvalue weighted by Gasteiger charge is 2.30. The third-order valence-electron chi connectivity index (χ3n) is 5.36. The normalized spacial score (nSPS) is 19.5. The van der Waals surface area contributed by atoms with Gasteiger partial charge in [0, 0.05) is 42.7 Å². The lowest BCUT2D eigenvalue weighted by atomic mass is 9.95. The van der Waals surface area contributed by atoms with Crippen LogP contribution in [0.25, 0.3) is 0 Å². The predicted octanol–water partition coefficient (Wildman–Crippen LogP) is 2.88. The number of carbonyl (C=O) groups excluding carboxylic acids is 1. The Bertz CT molecular complexity index is 721. The first-order chi connectivity index (χ1) is 11.6. The van der Waals surface area contributed by atoms with Crippen LogP contribution in [0.1, 0.15) is 59.2 Å². The van der Waals surface area contributed by atoms with Gasteiger partial charge in [-0.2, -0.15) is 5.10 Å². The number of aromatic nitrogens is 3. The lowest BCUT2D eigenvalue weighted by Gasteiger charge is -2.32. The van der Waals surface area contributed by atoms with E-state index in [2.05, 4.69) is 5.10 Å². The number of carbonyl (C=O) groups is 1. The number of hydrogen-bond donors (Lipinski definition) is 0. The van der Waals surface area contributed by atoms with Crippen molar-refractivity contribution >= 4 is 17.2 Å². The van der Waals surface area contributed by atoms with Gasteiger partial charge in [0.1, 0.15) is 0 Å². The number of likely N-dealkylation sites (tertiary alicyclic amines) is 1. The van der Waals surface area contributed by atoms with Gasteiger partial charge in [0.05, 0.1) is 22.8 Å². The van der Waals surface area contributed by atoms with Crippen molar-refractivity contribution in [3.8, 4) is 0 Å². The molecule has 2 aromatic heterocycles. The van der Waals surface area contributed by atoms with Gasteiger partial charge in [-0.3, -0.25) is 9.48 Å². The molecule has 24 heavy (non-hydrogen) atoms. The molecule has 1 fully saturated rings. The highest BCUT2D eigenvalue weighted by atomic mass is 32.1. The molecular weight excluding hydrogens is 320 g/mol. The van der Waals surface area contributed by atoms with E-state index in [4.69, 9.17) is 4.98 Å². The van der Waals surface area contributed by atoms with Crippen LogP contribution in [-0.4, -0.2) is 38.7 Å². The molecule has 2 aromatic rings. The second-order valence-corrected chi connectivity index (χ2v) is 8.16. The smallest absolute Gasteiger partial charge is 0.229 e. The topological polar surface area (TPSA) is 51.0 Å². The summed E-state index contributed by atoms with van der Waals surface area (Å²) in [5, 5.41) is 5.49. The number of hydrogen-bond acceptors (Lipinski definition) is 4. The van der Waals surface area contributed by atoms with E-state index in [-0.39, 0.29) is 11.8 Å². The zero-order valence-corrected chi connectivity index (χ0v) is 15.2. The number of piperidine rings is 1. The molecular formula is C18H24N4OS. The Morgan fingerprint density at radius 3 is 2.79 bits per heavy atom. The molecule has 1 atom stereocenters. The molecule has 6 heteroatoms. The maximum atomic E-state index is 12.7. The van der Waals surface area contributed by atoms with Crippen molar-refractivity contribution in [1.82, 2.24) is 19.7 Å². The van der Waals surface area contributed by atoms with Crippen LogP contribution in [0.4, 0.5) is 0 Å². The molecule has 1 saturated heterocycles. The van der Waals surface area contributed by atoms with Crippen LogP contribution in [0, 0.1) is 0 Å². The summed E-state index contributed by atoms with van der Waals surface area (Å²) in [6.07, 6.45) is 9.46. The number of fused-ring (bicyclic) bond motifs is 1. The Labute approximate surface area is 146 Å². The molecule has 0 radical (unpaired) electrons. The van der Waals surface area contributed by atoms with Crippen molar-refractivity contribution in [3.05, 3.63) is 33.5 Å². The molecule has 4 rings (SSSR count). The van der Waals surface area contributed by atoms with E-state index in [1.165, 1.54) is 28.4 Å². The molecule has 0 spiro atoms. The largest absolute Gasteiger partial charge is 0.342 e. The minimum Gasteiger partial charge on any atom is -0.342 e. The molecule has 1 aliphatic carbocycles. The molecule has 5 nitrogen and oxygen atoms in total. The van der Waals surface area contributed by atoms with Crippen LogP contribution < -0.4 is 0 Å². The van der Waals surface area contributed by atoms with Crippen molar-refractivity contribution in [3.63, 3.8) is 0 Å². The molecule has 2 aliphatic rings. The number of rotatable bonds is 3. The number of aryl methyl sites for hydroxylation is 3. The summed E-state index contributed by atoms with van der Waals surface area (Å²) in [6.45, 7) is 3.67. The van der Waals surface area contributed by atoms with Crippen LogP contribution in [0.5, 0.6) is 0 Å². The first kappa shape index (κ1) is 15.8. The van der Waals surface area contributed by atoms with E-state index >= 15 is 0 Å². The van der Waals surface area contributed by atoms with Crippen LogP contribution in [0.3, 0.4) is 0 Å². The van der Waals surface area contributed by atoms with Gasteiger partial charge in [0.25, 0.3) is 0 Å². The zero-order valence-electron chi connectivity index (χ0n) is 14.4. The molecule has 0 N–H and O–H groups in total. The summed E-state index contributed by atoms with van der Waals surface area (Å²) in [6, 6.07) is 0. The van der Waals surface area contributed by atoms with Crippen molar-refractivity contribution in [2.75, 3.05) is 13.1 Å². The summed E-state index contributed by atoms with van der Waals surface area (Å²) >= 11 is 1.92. The van der Waals surface area contributed by atoms with Crippen molar-refractivity contribution in [2.24, 2.45) is 7.05 Å². The number of nitrogens with zero attached hydrogens (tertiary/aromatic N) is 4. The van der Waals surface area contributed by atoms with Crippen LogP contribution in [-0.2, 0) is 24.7 Å². The maximum Gasteiger partial charge on any atom is 0.229 e. The van der Waals surface area contributed by atoms with Gasteiger partial charge in [-0.15, -0.1) is 11.3 Å². The van der Waals surface area contributed by atoms with E-state index in [0.29, 0.717) is 5.92 Å². The van der Waals surface area contributed by atoms with Crippen LogP contribution >= 0.6 is 11.3 Å². The van der Waals surface area contributed by atoms with Crippen molar-refractivity contribution < 1.29 is 4.79 Å². The third-order valence-corrected chi connectivity index (χ3v) is 6.68. The van der Waals surface area contributed by atoms with Gasteiger partial charge in [-0.25, -0.2) is 4.98 Å². The lowest BCUT2D eigenvalue weighted by Crippen LogP contribution is -2.40. The third kappa shape index (κ3) is 2.88. The zero-order chi connectivity index (χ0) is 16.7. The van der Waals surface area contributed by atoms with Crippen LogP contribution in [0.2, 0.25) is 0 Å². The minimum atomic E-state index is -0.112. The Hall–Kier alpha value is -1.69. The average molecular weight is 344 g/mol. The molecule has 1 aliphatic heterocycles.